The molecular formula is C17H30N4. The first-order chi connectivity index (χ1) is 10.1. The Bertz CT molecular complexity index is 413. The summed E-state index contributed by atoms with van der Waals surface area (Å²) in [6.07, 6.45) is 4.57. The van der Waals surface area contributed by atoms with Gasteiger partial charge in [0.15, 0.2) is 0 Å². The zero-order valence-electron chi connectivity index (χ0n) is 14.0. The van der Waals surface area contributed by atoms with E-state index >= 15 is 0 Å². The molecule has 1 unspecified atom stereocenters. The molecule has 1 saturated heterocycles. The van der Waals surface area contributed by atoms with Crippen LogP contribution in [0.5, 0.6) is 0 Å². The maximum absolute atomic E-state index is 4.68. The van der Waals surface area contributed by atoms with Gasteiger partial charge in [0.1, 0.15) is 5.82 Å². The van der Waals surface area contributed by atoms with E-state index in [2.05, 4.69) is 60.2 Å². The summed E-state index contributed by atoms with van der Waals surface area (Å²) in [5.74, 6) is 1.82. The van der Waals surface area contributed by atoms with Crippen LogP contribution < -0.4 is 10.2 Å². The molecule has 1 N–H and O–H groups in total. The van der Waals surface area contributed by atoms with Crippen molar-refractivity contribution in [1.29, 1.82) is 0 Å². The number of aromatic nitrogens is 1. The van der Waals surface area contributed by atoms with Gasteiger partial charge in [0.05, 0.1) is 0 Å². The molecular weight excluding hydrogens is 260 g/mol. The molecule has 0 aromatic carbocycles. The standard InChI is InChI=1S/C17H30N4/c1-14(2)10-18-11-15-7-8-17(19-12-15)21-9-5-6-16(21)13-20(3)4/h7-8,12,14,16,18H,5-6,9-11,13H2,1-4H3. The van der Waals surface area contributed by atoms with E-state index in [1.165, 1.54) is 18.4 Å². The minimum absolute atomic E-state index is 0.609. The third-order valence-electron chi connectivity index (χ3n) is 3.94. The molecule has 0 radical (unpaired) electrons. The maximum Gasteiger partial charge on any atom is 0.128 e. The molecule has 118 valence electrons. The van der Waals surface area contributed by atoms with Gasteiger partial charge in [-0.1, -0.05) is 19.9 Å². The topological polar surface area (TPSA) is 31.4 Å². The van der Waals surface area contributed by atoms with Gasteiger partial charge in [0, 0.05) is 31.9 Å². The third kappa shape index (κ3) is 4.97. The van der Waals surface area contributed by atoms with Crippen LogP contribution in [0.25, 0.3) is 0 Å². The number of rotatable bonds is 7. The Hall–Kier alpha value is -1.13. The molecule has 4 heteroatoms. The summed E-state index contributed by atoms with van der Waals surface area (Å²) in [4.78, 5) is 9.42. The van der Waals surface area contributed by atoms with E-state index in [1.54, 1.807) is 0 Å². The minimum atomic E-state index is 0.609. The van der Waals surface area contributed by atoms with Gasteiger partial charge in [0.2, 0.25) is 0 Å². The average molecular weight is 290 g/mol. The van der Waals surface area contributed by atoms with Crippen molar-refractivity contribution >= 4 is 5.82 Å². The van der Waals surface area contributed by atoms with Crippen LogP contribution in [0.3, 0.4) is 0 Å². The van der Waals surface area contributed by atoms with Gasteiger partial charge >= 0.3 is 0 Å². The second kappa shape index (κ2) is 7.76. The van der Waals surface area contributed by atoms with Crippen LogP contribution >= 0.6 is 0 Å². The zero-order valence-corrected chi connectivity index (χ0v) is 14.0. The molecule has 4 nitrogen and oxygen atoms in total. The fraction of sp³-hybridized carbons (Fsp3) is 0.706. The molecule has 1 aromatic rings. The fourth-order valence-electron chi connectivity index (χ4n) is 2.94. The summed E-state index contributed by atoms with van der Waals surface area (Å²) >= 11 is 0. The number of hydrogen-bond acceptors (Lipinski definition) is 4. The first-order valence-electron chi connectivity index (χ1n) is 8.13. The minimum Gasteiger partial charge on any atom is -0.352 e. The normalized spacial score (nSPS) is 19.0. The summed E-state index contributed by atoms with van der Waals surface area (Å²) in [6.45, 7) is 8.67. The van der Waals surface area contributed by atoms with Crippen molar-refractivity contribution in [2.75, 3.05) is 38.6 Å². The number of likely N-dealkylation sites (N-methyl/N-ethyl adjacent to an activating group) is 1. The molecule has 1 atom stereocenters. The Labute approximate surface area is 129 Å². The molecule has 2 heterocycles. The number of nitrogens with one attached hydrogen (secondary N) is 1. The van der Waals surface area contributed by atoms with E-state index in [1.807, 2.05) is 6.20 Å². The molecule has 0 amide bonds. The van der Waals surface area contributed by atoms with Crippen LogP contribution in [0.15, 0.2) is 18.3 Å². The van der Waals surface area contributed by atoms with E-state index in [9.17, 15) is 0 Å². The van der Waals surface area contributed by atoms with Crippen molar-refractivity contribution in [3.8, 4) is 0 Å². The van der Waals surface area contributed by atoms with Crippen LogP contribution in [0.2, 0.25) is 0 Å². The Balaban J connectivity index is 1.91. The lowest BCUT2D eigenvalue weighted by atomic mass is 10.2. The number of hydrogen-bond donors (Lipinski definition) is 1. The predicted molar refractivity (Wildman–Crippen MR) is 89.7 cm³/mol. The highest BCUT2D eigenvalue weighted by molar-refractivity contribution is 5.42. The van der Waals surface area contributed by atoms with E-state index in [0.29, 0.717) is 12.0 Å². The first-order valence-corrected chi connectivity index (χ1v) is 8.13. The van der Waals surface area contributed by atoms with Gasteiger partial charge in [-0.25, -0.2) is 4.98 Å². The van der Waals surface area contributed by atoms with Gasteiger partial charge in [-0.3, -0.25) is 0 Å². The quantitative estimate of drug-likeness (QED) is 0.835. The van der Waals surface area contributed by atoms with Gasteiger partial charge in [-0.05, 0) is 51.0 Å². The second-order valence-corrected chi connectivity index (χ2v) is 6.80. The number of anilines is 1. The van der Waals surface area contributed by atoms with Crippen LogP contribution in [-0.4, -0.2) is 49.7 Å². The van der Waals surface area contributed by atoms with Crippen molar-refractivity contribution in [1.82, 2.24) is 15.2 Å². The third-order valence-corrected chi connectivity index (χ3v) is 3.94. The monoisotopic (exact) mass is 290 g/mol. The second-order valence-electron chi connectivity index (χ2n) is 6.80. The predicted octanol–water partition coefficient (Wildman–Crippen LogP) is 2.36. The summed E-state index contributed by atoms with van der Waals surface area (Å²) < 4.78 is 0. The van der Waals surface area contributed by atoms with Crippen molar-refractivity contribution in [3.63, 3.8) is 0 Å². The molecule has 0 bridgehead atoms. The van der Waals surface area contributed by atoms with Gasteiger partial charge in [-0.15, -0.1) is 0 Å². The summed E-state index contributed by atoms with van der Waals surface area (Å²) in [5, 5.41) is 3.46. The van der Waals surface area contributed by atoms with Crippen LogP contribution in [0, 0.1) is 5.92 Å². The van der Waals surface area contributed by atoms with Crippen LogP contribution in [-0.2, 0) is 6.54 Å². The highest BCUT2D eigenvalue weighted by Crippen LogP contribution is 2.24. The largest absolute Gasteiger partial charge is 0.352 e. The van der Waals surface area contributed by atoms with Crippen molar-refractivity contribution in [3.05, 3.63) is 23.9 Å². The first kappa shape index (κ1) is 16.2. The molecule has 0 aliphatic carbocycles. The lowest BCUT2D eigenvalue weighted by Gasteiger charge is -2.28. The molecule has 0 saturated carbocycles. The SMILES string of the molecule is CC(C)CNCc1ccc(N2CCCC2CN(C)C)nc1. The number of nitrogens with zero attached hydrogens (tertiary/aromatic N) is 3. The molecule has 0 spiro atoms. The van der Waals surface area contributed by atoms with Crippen LogP contribution in [0.4, 0.5) is 5.82 Å². The highest BCUT2D eigenvalue weighted by Gasteiger charge is 2.25. The molecule has 1 aromatic heterocycles. The Morgan fingerprint density at radius 1 is 1.38 bits per heavy atom. The Kier molecular flexibility index (Phi) is 6.00. The van der Waals surface area contributed by atoms with Gasteiger partial charge in [0.25, 0.3) is 0 Å². The Morgan fingerprint density at radius 2 is 2.19 bits per heavy atom. The maximum atomic E-state index is 4.68. The lowest BCUT2D eigenvalue weighted by molar-refractivity contribution is 0.371. The summed E-state index contributed by atoms with van der Waals surface area (Å²) in [5.41, 5.74) is 1.27. The van der Waals surface area contributed by atoms with Gasteiger partial charge in [-0.2, -0.15) is 0 Å². The van der Waals surface area contributed by atoms with Crippen molar-refractivity contribution < 1.29 is 0 Å². The van der Waals surface area contributed by atoms with E-state index in [-0.39, 0.29) is 0 Å². The molecule has 2 rings (SSSR count). The highest BCUT2D eigenvalue weighted by atomic mass is 15.3. The zero-order chi connectivity index (χ0) is 15.2. The molecule has 1 aliphatic heterocycles. The lowest BCUT2D eigenvalue weighted by Crippen LogP contribution is -2.38. The van der Waals surface area contributed by atoms with Crippen molar-refractivity contribution in [2.45, 2.75) is 39.3 Å². The van der Waals surface area contributed by atoms with E-state index < -0.39 is 0 Å². The van der Waals surface area contributed by atoms with Gasteiger partial charge < -0.3 is 15.1 Å². The fourth-order valence-corrected chi connectivity index (χ4v) is 2.94. The van der Waals surface area contributed by atoms with E-state index in [0.717, 1.165) is 32.0 Å². The molecule has 21 heavy (non-hydrogen) atoms. The number of pyridine rings is 1. The Morgan fingerprint density at radius 3 is 2.81 bits per heavy atom. The van der Waals surface area contributed by atoms with E-state index in [4.69, 9.17) is 0 Å². The summed E-state index contributed by atoms with van der Waals surface area (Å²) in [6, 6.07) is 5.00. The summed E-state index contributed by atoms with van der Waals surface area (Å²) in [7, 11) is 4.29. The molecule has 1 fully saturated rings. The molecule has 1 aliphatic rings. The smallest absolute Gasteiger partial charge is 0.128 e. The average Bonchev–Trinajstić information content (AvgIpc) is 2.86. The van der Waals surface area contributed by atoms with Crippen molar-refractivity contribution in [2.24, 2.45) is 5.92 Å². The van der Waals surface area contributed by atoms with Crippen LogP contribution in [0.1, 0.15) is 32.3 Å².